The van der Waals surface area contributed by atoms with Crippen molar-refractivity contribution in [1.82, 2.24) is 0 Å². The highest BCUT2D eigenvalue weighted by molar-refractivity contribution is 9.11. The topological polar surface area (TPSA) is 26.0 Å². The monoisotopic (exact) mass is 427 g/mol. The molecule has 2 N–H and O–H groups in total. The van der Waals surface area contributed by atoms with Gasteiger partial charge in [0, 0.05) is 9.35 Å². The Morgan fingerprint density at radius 2 is 1.85 bits per heavy atom. The number of aryl methyl sites for hydroxylation is 1. The van der Waals surface area contributed by atoms with Gasteiger partial charge < -0.3 is 5.73 Å². The number of hydrogen-bond donors (Lipinski definition) is 1. The third-order valence-electron chi connectivity index (χ3n) is 2.92. The first kappa shape index (κ1) is 16.0. The van der Waals surface area contributed by atoms with Gasteiger partial charge in [-0.2, -0.15) is 13.2 Å². The summed E-state index contributed by atoms with van der Waals surface area (Å²) in [5, 5.41) is 0. The average Bonchev–Trinajstić information content (AvgIpc) is 2.66. The summed E-state index contributed by atoms with van der Waals surface area (Å²) in [6.07, 6.45) is -4.40. The van der Waals surface area contributed by atoms with E-state index in [1.807, 2.05) is 13.0 Å². The lowest BCUT2D eigenvalue weighted by Crippen LogP contribution is -2.14. The van der Waals surface area contributed by atoms with Crippen LogP contribution in [0.15, 0.2) is 32.5 Å². The summed E-state index contributed by atoms with van der Waals surface area (Å²) in [7, 11) is 0. The van der Waals surface area contributed by atoms with Crippen LogP contribution in [0.2, 0.25) is 0 Å². The molecule has 1 aromatic heterocycles. The van der Waals surface area contributed by atoms with Crippen molar-refractivity contribution in [3.63, 3.8) is 0 Å². The molecule has 1 heterocycles. The molecule has 0 fully saturated rings. The van der Waals surface area contributed by atoms with Gasteiger partial charge in [0.1, 0.15) is 0 Å². The zero-order valence-electron chi connectivity index (χ0n) is 10.3. The smallest absolute Gasteiger partial charge is 0.320 e. The van der Waals surface area contributed by atoms with Gasteiger partial charge in [0.05, 0.1) is 15.4 Å². The summed E-state index contributed by atoms with van der Waals surface area (Å²) in [6, 6.07) is 5.36. The Bertz CT molecular complexity index is 637. The SMILES string of the molecule is Cc1sc(Br)cc1C(N)c1ccc(Br)c(C(F)(F)F)c1. The van der Waals surface area contributed by atoms with Crippen molar-refractivity contribution < 1.29 is 13.2 Å². The maximum absolute atomic E-state index is 12.9. The van der Waals surface area contributed by atoms with Crippen LogP contribution in [0, 0.1) is 6.92 Å². The number of halogens is 5. The molecular formula is C13H10Br2F3NS. The van der Waals surface area contributed by atoms with Crippen LogP contribution in [0.1, 0.15) is 27.6 Å². The highest BCUT2D eigenvalue weighted by atomic mass is 79.9. The van der Waals surface area contributed by atoms with Crippen molar-refractivity contribution in [2.45, 2.75) is 19.1 Å². The van der Waals surface area contributed by atoms with Crippen molar-refractivity contribution in [2.75, 3.05) is 0 Å². The van der Waals surface area contributed by atoms with Crippen LogP contribution < -0.4 is 5.73 Å². The van der Waals surface area contributed by atoms with Crippen LogP contribution >= 0.6 is 43.2 Å². The quantitative estimate of drug-likeness (QED) is 0.657. The van der Waals surface area contributed by atoms with Gasteiger partial charge in [-0.3, -0.25) is 0 Å². The molecule has 1 nitrogen and oxygen atoms in total. The Morgan fingerprint density at radius 1 is 1.20 bits per heavy atom. The summed E-state index contributed by atoms with van der Waals surface area (Å²) in [5.74, 6) is 0. The van der Waals surface area contributed by atoms with E-state index < -0.39 is 17.8 Å². The summed E-state index contributed by atoms with van der Waals surface area (Å²) in [6.45, 7) is 1.90. The van der Waals surface area contributed by atoms with Crippen LogP contribution in [-0.2, 0) is 6.18 Å². The van der Waals surface area contributed by atoms with Gasteiger partial charge in [0.2, 0.25) is 0 Å². The molecule has 0 radical (unpaired) electrons. The lowest BCUT2D eigenvalue weighted by Gasteiger charge is -2.16. The minimum Gasteiger partial charge on any atom is -0.320 e. The first-order valence-corrected chi connectivity index (χ1v) is 7.98. The van der Waals surface area contributed by atoms with Gasteiger partial charge in [-0.05, 0) is 52.2 Å². The third-order valence-corrected chi connectivity index (χ3v) is 5.18. The van der Waals surface area contributed by atoms with Crippen LogP contribution in [0.25, 0.3) is 0 Å². The number of rotatable bonds is 2. The van der Waals surface area contributed by atoms with Gasteiger partial charge >= 0.3 is 6.18 Å². The second-order valence-electron chi connectivity index (χ2n) is 4.28. The van der Waals surface area contributed by atoms with Gasteiger partial charge in [-0.15, -0.1) is 11.3 Å². The maximum atomic E-state index is 12.9. The number of alkyl halides is 3. The molecule has 20 heavy (non-hydrogen) atoms. The molecule has 0 saturated heterocycles. The summed E-state index contributed by atoms with van der Waals surface area (Å²) >= 11 is 7.79. The molecule has 0 amide bonds. The molecule has 0 bridgehead atoms. The predicted molar refractivity (Wildman–Crippen MR) is 81.9 cm³/mol. The van der Waals surface area contributed by atoms with E-state index in [9.17, 15) is 13.2 Å². The van der Waals surface area contributed by atoms with Gasteiger partial charge in [0.15, 0.2) is 0 Å². The molecule has 0 aliphatic carbocycles. The van der Waals surface area contributed by atoms with Gasteiger partial charge in [-0.1, -0.05) is 22.0 Å². The van der Waals surface area contributed by atoms with E-state index in [2.05, 4.69) is 31.9 Å². The van der Waals surface area contributed by atoms with Crippen LogP contribution in [0.5, 0.6) is 0 Å². The van der Waals surface area contributed by atoms with E-state index in [1.54, 1.807) is 6.07 Å². The second kappa shape index (κ2) is 5.79. The van der Waals surface area contributed by atoms with E-state index in [0.717, 1.165) is 20.3 Å². The fourth-order valence-corrected chi connectivity index (χ4v) is 4.13. The fourth-order valence-electron chi connectivity index (χ4n) is 1.90. The van der Waals surface area contributed by atoms with E-state index in [0.29, 0.717) is 5.56 Å². The molecule has 1 aromatic carbocycles. The highest BCUT2D eigenvalue weighted by Crippen LogP contribution is 2.38. The molecule has 2 aromatic rings. The molecule has 0 aliphatic heterocycles. The lowest BCUT2D eigenvalue weighted by atomic mass is 9.98. The zero-order valence-corrected chi connectivity index (χ0v) is 14.3. The molecule has 0 saturated carbocycles. The zero-order chi connectivity index (χ0) is 15.1. The molecule has 0 aliphatic rings. The van der Waals surface area contributed by atoms with E-state index in [1.165, 1.54) is 17.4 Å². The van der Waals surface area contributed by atoms with Gasteiger partial charge in [-0.25, -0.2) is 0 Å². The predicted octanol–water partition coefficient (Wildman–Crippen LogP) is 5.65. The average molecular weight is 429 g/mol. The van der Waals surface area contributed by atoms with E-state index >= 15 is 0 Å². The largest absolute Gasteiger partial charge is 0.417 e. The molecule has 108 valence electrons. The van der Waals surface area contributed by atoms with Crippen molar-refractivity contribution >= 4 is 43.2 Å². The minimum absolute atomic E-state index is 0.0178. The molecule has 0 spiro atoms. The summed E-state index contributed by atoms with van der Waals surface area (Å²) < 4.78 is 39.6. The van der Waals surface area contributed by atoms with Crippen molar-refractivity contribution in [3.05, 3.63) is 54.1 Å². The summed E-state index contributed by atoms with van der Waals surface area (Å²) in [5.41, 5.74) is 6.65. The minimum atomic E-state index is -4.40. The fraction of sp³-hybridized carbons (Fsp3) is 0.231. The second-order valence-corrected chi connectivity index (χ2v) is 7.77. The Morgan fingerprint density at radius 3 is 2.35 bits per heavy atom. The number of benzene rings is 1. The molecule has 1 atom stereocenters. The van der Waals surface area contributed by atoms with Crippen molar-refractivity contribution in [1.29, 1.82) is 0 Å². The number of thiophene rings is 1. The van der Waals surface area contributed by atoms with E-state index in [4.69, 9.17) is 5.73 Å². The van der Waals surface area contributed by atoms with Crippen LogP contribution in [0.4, 0.5) is 13.2 Å². The van der Waals surface area contributed by atoms with Crippen LogP contribution in [0.3, 0.4) is 0 Å². The standard InChI is InChI=1S/C13H10Br2F3NS/c1-6-8(5-11(15)20-6)12(19)7-2-3-10(14)9(4-7)13(16,17)18/h2-5,12H,19H2,1H3. The molecular weight excluding hydrogens is 419 g/mol. The van der Waals surface area contributed by atoms with Crippen molar-refractivity contribution in [3.8, 4) is 0 Å². The number of hydrogen-bond acceptors (Lipinski definition) is 2. The Balaban J connectivity index is 2.46. The Kier molecular flexibility index (Phi) is 4.63. The highest BCUT2D eigenvalue weighted by Gasteiger charge is 2.33. The molecule has 2 rings (SSSR count). The van der Waals surface area contributed by atoms with E-state index in [-0.39, 0.29) is 4.47 Å². The van der Waals surface area contributed by atoms with Gasteiger partial charge in [0.25, 0.3) is 0 Å². The van der Waals surface area contributed by atoms with Crippen LogP contribution in [-0.4, -0.2) is 0 Å². The normalized spacial score (nSPS) is 13.6. The lowest BCUT2D eigenvalue weighted by molar-refractivity contribution is -0.138. The first-order chi connectivity index (χ1) is 9.20. The maximum Gasteiger partial charge on any atom is 0.417 e. The molecule has 1 unspecified atom stereocenters. The summed E-state index contributed by atoms with van der Waals surface area (Å²) in [4.78, 5) is 0.987. The Labute approximate surface area is 135 Å². The Hall–Kier alpha value is -0.370. The number of nitrogens with two attached hydrogens (primary N) is 1. The first-order valence-electron chi connectivity index (χ1n) is 5.58. The molecule has 7 heteroatoms. The third kappa shape index (κ3) is 3.27. The van der Waals surface area contributed by atoms with Crippen molar-refractivity contribution in [2.24, 2.45) is 5.73 Å².